The van der Waals surface area contributed by atoms with Gasteiger partial charge in [0.15, 0.2) is 5.82 Å². The van der Waals surface area contributed by atoms with Gasteiger partial charge in [-0.1, -0.05) is 18.2 Å². The van der Waals surface area contributed by atoms with Crippen LogP contribution in [0.5, 0.6) is 6.01 Å². The molecular formula is C10H11N3O3S. The number of hydrogen-bond acceptors (Lipinski definition) is 5. The van der Waals surface area contributed by atoms with E-state index in [1.165, 1.54) is 4.68 Å². The molecule has 0 fully saturated rings. The van der Waals surface area contributed by atoms with Crippen molar-refractivity contribution in [3.8, 4) is 11.7 Å². The van der Waals surface area contributed by atoms with Crippen LogP contribution in [0.25, 0.3) is 5.69 Å². The number of hydrogen-bond donors (Lipinski definition) is 0. The quantitative estimate of drug-likeness (QED) is 0.760. The SMILES string of the molecule is Cc1nc(OS(C)(=O)=O)n(-c2ccccc2)n1. The summed E-state index contributed by atoms with van der Waals surface area (Å²) in [7, 11) is -3.62. The summed E-state index contributed by atoms with van der Waals surface area (Å²) >= 11 is 0. The summed E-state index contributed by atoms with van der Waals surface area (Å²) in [6.07, 6.45) is 0.965. The Labute approximate surface area is 99.0 Å². The van der Waals surface area contributed by atoms with E-state index in [1.54, 1.807) is 19.1 Å². The largest absolute Gasteiger partial charge is 0.343 e. The molecule has 1 aromatic heterocycles. The minimum Gasteiger partial charge on any atom is -0.343 e. The van der Waals surface area contributed by atoms with Crippen molar-refractivity contribution >= 4 is 10.1 Å². The van der Waals surface area contributed by atoms with Crippen LogP contribution in [0.2, 0.25) is 0 Å². The zero-order chi connectivity index (χ0) is 12.5. The van der Waals surface area contributed by atoms with Crippen LogP contribution in [0, 0.1) is 6.92 Å². The number of nitrogens with zero attached hydrogens (tertiary/aromatic N) is 3. The summed E-state index contributed by atoms with van der Waals surface area (Å²) < 4.78 is 28.3. The standard InChI is InChI=1S/C10H11N3O3S/c1-8-11-10(16-17(2,14)15)13(12-8)9-6-4-3-5-7-9/h3-7H,1-2H3. The van der Waals surface area contributed by atoms with Crippen molar-refractivity contribution in [2.24, 2.45) is 0 Å². The summed E-state index contributed by atoms with van der Waals surface area (Å²) in [4.78, 5) is 3.92. The third kappa shape index (κ3) is 2.82. The highest BCUT2D eigenvalue weighted by Gasteiger charge is 2.15. The Morgan fingerprint density at radius 2 is 1.88 bits per heavy atom. The number of aryl methyl sites for hydroxylation is 1. The summed E-state index contributed by atoms with van der Waals surface area (Å²) in [5, 5.41) is 4.08. The molecule has 0 aliphatic heterocycles. The van der Waals surface area contributed by atoms with Crippen LogP contribution < -0.4 is 4.18 Å². The average Bonchev–Trinajstić information content (AvgIpc) is 2.58. The molecule has 1 heterocycles. The van der Waals surface area contributed by atoms with E-state index in [0.29, 0.717) is 11.5 Å². The highest BCUT2D eigenvalue weighted by molar-refractivity contribution is 7.86. The summed E-state index contributed by atoms with van der Waals surface area (Å²) in [6.45, 7) is 1.66. The molecule has 6 nitrogen and oxygen atoms in total. The molecule has 0 spiro atoms. The van der Waals surface area contributed by atoms with Crippen molar-refractivity contribution < 1.29 is 12.6 Å². The van der Waals surface area contributed by atoms with Crippen molar-refractivity contribution in [3.63, 3.8) is 0 Å². The molecule has 0 amide bonds. The Kier molecular flexibility index (Phi) is 2.84. The van der Waals surface area contributed by atoms with Gasteiger partial charge in [-0.3, -0.25) is 0 Å². The molecule has 0 unspecified atom stereocenters. The predicted octanol–water partition coefficient (Wildman–Crippen LogP) is 0.914. The third-order valence-corrected chi connectivity index (χ3v) is 2.36. The molecule has 0 N–H and O–H groups in total. The van der Waals surface area contributed by atoms with Gasteiger partial charge in [-0.05, 0) is 19.1 Å². The van der Waals surface area contributed by atoms with Crippen molar-refractivity contribution in [2.75, 3.05) is 6.26 Å². The maximum absolute atomic E-state index is 11.1. The Morgan fingerprint density at radius 3 is 2.47 bits per heavy atom. The second kappa shape index (κ2) is 4.17. The smallest absolute Gasteiger partial charge is 0.336 e. The Hall–Kier alpha value is -1.89. The topological polar surface area (TPSA) is 74.1 Å². The van der Waals surface area contributed by atoms with E-state index < -0.39 is 10.1 Å². The van der Waals surface area contributed by atoms with Crippen LogP contribution >= 0.6 is 0 Å². The van der Waals surface area contributed by atoms with E-state index in [1.807, 2.05) is 18.2 Å². The summed E-state index contributed by atoms with van der Waals surface area (Å²) in [5.41, 5.74) is 0.687. The van der Waals surface area contributed by atoms with Gasteiger partial charge in [-0.2, -0.15) is 18.1 Å². The van der Waals surface area contributed by atoms with Gasteiger partial charge in [0.2, 0.25) is 0 Å². The number of rotatable bonds is 3. The highest BCUT2D eigenvalue weighted by atomic mass is 32.2. The molecular weight excluding hydrogens is 242 g/mol. The normalized spacial score (nSPS) is 11.4. The first-order valence-electron chi connectivity index (χ1n) is 4.84. The van der Waals surface area contributed by atoms with Crippen LogP contribution in [0.1, 0.15) is 5.82 Å². The highest BCUT2D eigenvalue weighted by Crippen LogP contribution is 2.16. The number of aromatic nitrogens is 3. The van der Waals surface area contributed by atoms with E-state index in [9.17, 15) is 8.42 Å². The van der Waals surface area contributed by atoms with E-state index in [4.69, 9.17) is 4.18 Å². The van der Waals surface area contributed by atoms with Gasteiger partial charge >= 0.3 is 16.1 Å². The van der Waals surface area contributed by atoms with Crippen LogP contribution in [0.3, 0.4) is 0 Å². The van der Waals surface area contributed by atoms with Crippen molar-refractivity contribution in [1.29, 1.82) is 0 Å². The van der Waals surface area contributed by atoms with Crippen LogP contribution in [-0.2, 0) is 10.1 Å². The average molecular weight is 253 g/mol. The van der Waals surface area contributed by atoms with Gasteiger partial charge in [0.05, 0.1) is 11.9 Å². The van der Waals surface area contributed by atoms with Crippen molar-refractivity contribution in [2.45, 2.75) is 6.92 Å². The van der Waals surface area contributed by atoms with E-state index in [-0.39, 0.29) is 6.01 Å². The molecule has 2 aromatic rings. The third-order valence-electron chi connectivity index (χ3n) is 1.91. The van der Waals surface area contributed by atoms with Crippen LogP contribution in [0.15, 0.2) is 30.3 Å². The first-order valence-corrected chi connectivity index (χ1v) is 6.66. The van der Waals surface area contributed by atoms with Gasteiger partial charge in [-0.25, -0.2) is 0 Å². The van der Waals surface area contributed by atoms with Gasteiger partial charge in [0.1, 0.15) is 0 Å². The fraction of sp³-hybridized carbons (Fsp3) is 0.200. The molecule has 2 rings (SSSR count). The molecule has 17 heavy (non-hydrogen) atoms. The van der Waals surface area contributed by atoms with E-state index in [2.05, 4.69) is 10.1 Å². The molecule has 0 aliphatic carbocycles. The monoisotopic (exact) mass is 253 g/mol. The number of para-hydroxylation sites is 1. The molecule has 0 bridgehead atoms. The first-order chi connectivity index (χ1) is 7.96. The molecule has 0 aliphatic rings. The molecule has 7 heteroatoms. The second-order valence-corrected chi connectivity index (χ2v) is 5.05. The molecule has 90 valence electrons. The fourth-order valence-electron chi connectivity index (χ4n) is 1.32. The van der Waals surface area contributed by atoms with Gasteiger partial charge in [-0.15, -0.1) is 5.10 Å². The van der Waals surface area contributed by atoms with Gasteiger partial charge in [0.25, 0.3) is 0 Å². The summed E-state index contributed by atoms with van der Waals surface area (Å²) in [6, 6.07) is 8.99. The minimum absolute atomic E-state index is 0.0591. The lowest BCUT2D eigenvalue weighted by atomic mass is 10.3. The van der Waals surface area contributed by atoms with Gasteiger partial charge < -0.3 is 4.18 Å². The maximum Gasteiger partial charge on any atom is 0.336 e. The summed E-state index contributed by atoms with van der Waals surface area (Å²) in [5.74, 6) is 0.438. The molecule has 0 radical (unpaired) electrons. The molecule has 0 saturated heterocycles. The lowest BCUT2D eigenvalue weighted by Crippen LogP contribution is -2.10. The second-order valence-electron chi connectivity index (χ2n) is 3.48. The predicted molar refractivity (Wildman–Crippen MR) is 61.6 cm³/mol. The van der Waals surface area contributed by atoms with Crippen LogP contribution in [0.4, 0.5) is 0 Å². The van der Waals surface area contributed by atoms with E-state index in [0.717, 1.165) is 6.26 Å². The molecule has 0 saturated carbocycles. The first kappa shape index (κ1) is 11.6. The molecule has 1 aromatic carbocycles. The zero-order valence-corrected chi connectivity index (χ0v) is 10.2. The van der Waals surface area contributed by atoms with Crippen LogP contribution in [-0.4, -0.2) is 29.4 Å². The Morgan fingerprint density at radius 1 is 1.24 bits per heavy atom. The minimum atomic E-state index is -3.62. The molecule has 0 atom stereocenters. The Balaban J connectivity index is 2.48. The fourth-order valence-corrected chi connectivity index (χ4v) is 1.70. The van der Waals surface area contributed by atoms with E-state index >= 15 is 0 Å². The lowest BCUT2D eigenvalue weighted by molar-refractivity contribution is 0.460. The number of benzene rings is 1. The zero-order valence-electron chi connectivity index (χ0n) is 9.36. The maximum atomic E-state index is 11.1. The van der Waals surface area contributed by atoms with Crippen molar-refractivity contribution in [1.82, 2.24) is 14.8 Å². The Bertz CT molecular complexity index is 620. The lowest BCUT2D eigenvalue weighted by Gasteiger charge is -2.04. The van der Waals surface area contributed by atoms with Crippen molar-refractivity contribution in [3.05, 3.63) is 36.2 Å². The van der Waals surface area contributed by atoms with Gasteiger partial charge in [0, 0.05) is 0 Å².